The van der Waals surface area contributed by atoms with E-state index in [0.29, 0.717) is 15.0 Å². The highest BCUT2D eigenvalue weighted by molar-refractivity contribution is 14.1. The van der Waals surface area contributed by atoms with Gasteiger partial charge >= 0.3 is 0 Å². The largest absolute Gasteiger partial charge is 0.358 e. The minimum Gasteiger partial charge on any atom is -0.358 e. The molecule has 2 aliphatic heterocycles. The number of aromatic nitrogens is 4. The summed E-state index contributed by atoms with van der Waals surface area (Å²) in [7, 11) is 0. The van der Waals surface area contributed by atoms with Crippen molar-refractivity contribution in [2.45, 2.75) is 49.8 Å². The third-order valence-electron chi connectivity index (χ3n) is 7.77. The zero-order chi connectivity index (χ0) is 28.9. The second kappa shape index (κ2) is 11.0. The summed E-state index contributed by atoms with van der Waals surface area (Å²) in [5, 5.41) is 0.286. The van der Waals surface area contributed by atoms with Crippen LogP contribution in [0.1, 0.15) is 36.8 Å². The fourth-order valence-electron chi connectivity index (χ4n) is 6.06. The normalized spacial score (nSPS) is 23.3. The molecule has 0 spiro atoms. The second-order valence-electron chi connectivity index (χ2n) is 10.8. The van der Waals surface area contributed by atoms with Gasteiger partial charge < -0.3 is 18.9 Å². The lowest BCUT2D eigenvalue weighted by atomic mass is 9.80. The van der Waals surface area contributed by atoms with Gasteiger partial charge in [0.2, 0.25) is 0 Å². The summed E-state index contributed by atoms with van der Waals surface area (Å²) in [6.07, 6.45) is -0.408. The molecule has 0 bridgehead atoms. The lowest BCUT2D eigenvalue weighted by molar-refractivity contribution is -0.205. The minimum absolute atomic E-state index is 0.231. The number of benzene rings is 3. The van der Waals surface area contributed by atoms with Crippen LogP contribution >= 0.6 is 34.2 Å². The van der Waals surface area contributed by atoms with Gasteiger partial charge in [0.05, 0.1) is 6.61 Å². The molecule has 8 nitrogen and oxygen atoms in total. The van der Waals surface area contributed by atoms with Crippen molar-refractivity contribution in [3.05, 3.63) is 123 Å². The van der Waals surface area contributed by atoms with E-state index < -0.39 is 35.9 Å². The van der Waals surface area contributed by atoms with E-state index in [1.807, 2.05) is 73.0 Å². The Morgan fingerprint density at radius 2 is 1.40 bits per heavy atom. The molecule has 0 unspecified atom stereocenters. The Labute approximate surface area is 262 Å². The molecular formula is C32H28ClIN4O4. The second-order valence-corrected chi connectivity index (χ2v) is 12.1. The lowest BCUT2D eigenvalue weighted by Crippen LogP contribution is -2.39. The van der Waals surface area contributed by atoms with E-state index >= 15 is 0 Å². The van der Waals surface area contributed by atoms with Crippen LogP contribution in [0.15, 0.2) is 97.3 Å². The van der Waals surface area contributed by atoms with E-state index in [2.05, 4.69) is 73.9 Å². The van der Waals surface area contributed by atoms with Crippen LogP contribution in [0, 0.1) is 3.83 Å². The third kappa shape index (κ3) is 4.72. The number of nitrogens with zero attached hydrogens (tertiary/aromatic N) is 4. The molecule has 0 N–H and O–H groups in total. The Kier molecular flexibility index (Phi) is 7.28. The summed E-state index contributed by atoms with van der Waals surface area (Å²) in [5.41, 5.74) is 3.23. The number of hydrogen-bond donors (Lipinski definition) is 0. The number of fused-ring (bicyclic) bond motifs is 2. The van der Waals surface area contributed by atoms with E-state index in [-0.39, 0.29) is 11.8 Å². The number of hydrogen-bond acceptors (Lipinski definition) is 7. The van der Waals surface area contributed by atoms with Crippen molar-refractivity contribution < 1.29 is 18.9 Å². The monoisotopic (exact) mass is 694 g/mol. The molecule has 0 aliphatic carbocycles. The molecule has 10 heteroatoms. The van der Waals surface area contributed by atoms with Gasteiger partial charge in [0, 0.05) is 22.6 Å². The molecule has 5 aromatic rings. The SMILES string of the molecule is CC1(C)O[C@@H]2[C@H](O1)[C@@H](COC(c1ccccc1)(c1ccccc1)c1ccccc1)O[C@H]2n1c(I)nc2c(Cl)ncnc21. The first-order valence-corrected chi connectivity index (χ1v) is 15.2. The first-order valence-electron chi connectivity index (χ1n) is 13.7. The quantitative estimate of drug-likeness (QED) is 0.0832. The molecule has 3 aromatic carbocycles. The molecule has 4 heterocycles. The van der Waals surface area contributed by atoms with Gasteiger partial charge in [-0.05, 0) is 30.5 Å². The number of rotatable bonds is 7. The van der Waals surface area contributed by atoms with Crippen LogP contribution < -0.4 is 0 Å². The molecule has 0 saturated carbocycles. The molecule has 2 aliphatic rings. The smallest absolute Gasteiger partial charge is 0.175 e. The van der Waals surface area contributed by atoms with Gasteiger partial charge in [0.15, 0.2) is 26.6 Å². The average molecular weight is 695 g/mol. The molecule has 7 rings (SSSR count). The Balaban J connectivity index is 1.30. The van der Waals surface area contributed by atoms with Gasteiger partial charge in [0.1, 0.15) is 35.8 Å². The molecule has 4 atom stereocenters. The van der Waals surface area contributed by atoms with Crippen LogP contribution in [0.25, 0.3) is 11.2 Å². The van der Waals surface area contributed by atoms with E-state index in [4.69, 9.17) is 30.5 Å². The minimum atomic E-state index is -0.896. The molecule has 2 aromatic heterocycles. The van der Waals surface area contributed by atoms with Crippen molar-refractivity contribution in [1.29, 1.82) is 0 Å². The van der Waals surface area contributed by atoms with Crippen LogP contribution in [0.2, 0.25) is 5.15 Å². The van der Waals surface area contributed by atoms with E-state index in [0.717, 1.165) is 16.7 Å². The average Bonchev–Trinajstić information content (AvgIpc) is 3.63. The van der Waals surface area contributed by atoms with Gasteiger partial charge in [-0.25, -0.2) is 15.0 Å². The maximum atomic E-state index is 7.12. The van der Waals surface area contributed by atoms with E-state index in [1.54, 1.807) is 0 Å². The molecule has 0 radical (unpaired) electrons. The summed E-state index contributed by atoms with van der Waals surface area (Å²) in [5.74, 6) is -0.806. The fraction of sp³-hybridized carbons (Fsp3) is 0.281. The molecule has 2 fully saturated rings. The summed E-state index contributed by atoms with van der Waals surface area (Å²) in [6.45, 7) is 4.06. The predicted molar refractivity (Wildman–Crippen MR) is 166 cm³/mol. The van der Waals surface area contributed by atoms with Crippen LogP contribution in [0.5, 0.6) is 0 Å². The predicted octanol–water partition coefficient (Wildman–Crippen LogP) is 6.51. The topological polar surface area (TPSA) is 80.5 Å². The highest BCUT2D eigenvalue weighted by Gasteiger charge is 2.57. The molecule has 2 saturated heterocycles. The van der Waals surface area contributed by atoms with Gasteiger partial charge in [0.25, 0.3) is 0 Å². The van der Waals surface area contributed by atoms with Crippen molar-refractivity contribution in [2.75, 3.05) is 6.61 Å². The van der Waals surface area contributed by atoms with Crippen LogP contribution in [-0.4, -0.2) is 50.2 Å². The zero-order valence-corrected chi connectivity index (χ0v) is 25.8. The Morgan fingerprint density at radius 3 is 1.98 bits per heavy atom. The first-order chi connectivity index (χ1) is 20.4. The van der Waals surface area contributed by atoms with Crippen molar-refractivity contribution in [3.63, 3.8) is 0 Å². The van der Waals surface area contributed by atoms with Crippen LogP contribution in [0.4, 0.5) is 0 Å². The number of imidazole rings is 1. The maximum Gasteiger partial charge on any atom is 0.175 e. The van der Waals surface area contributed by atoms with Crippen LogP contribution in [-0.2, 0) is 24.5 Å². The molecule has 0 amide bonds. The highest BCUT2D eigenvalue weighted by atomic mass is 127. The van der Waals surface area contributed by atoms with Gasteiger partial charge in [-0.1, -0.05) is 103 Å². The highest BCUT2D eigenvalue weighted by Crippen LogP contribution is 2.46. The standard InChI is InChI=1S/C32H28ClIN4O4/c1-31(2)41-25-23(40-29(26(25)42-31)38-28-24(37-30(38)34)27(33)35-19-36-28)18-39-32(20-12-6-3-7-13-20,21-14-8-4-9-15-21)22-16-10-5-11-17-22/h3-17,19,23,25-26,29H,18H2,1-2H3/t23-,25-,26-,29-/m1/s1. The number of halogens is 2. The Bertz CT molecular complexity index is 1610. The van der Waals surface area contributed by atoms with Gasteiger partial charge in [-0.15, -0.1) is 0 Å². The van der Waals surface area contributed by atoms with Crippen molar-refractivity contribution in [3.8, 4) is 0 Å². The molecule has 214 valence electrons. The fourth-order valence-corrected chi connectivity index (χ4v) is 6.97. The summed E-state index contributed by atoms with van der Waals surface area (Å²) in [4.78, 5) is 13.2. The van der Waals surface area contributed by atoms with Crippen LogP contribution in [0.3, 0.4) is 0 Å². The number of ether oxygens (including phenoxy) is 4. The zero-order valence-electron chi connectivity index (χ0n) is 22.9. The summed E-state index contributed by atoms with van der Waals surface area (Å²) < 4.78 is 29.3. The van der Waals surface area contributed by atoms with Crippen molar-refractivity contribution in [1.82, 2.24) is 19.5 Å². The Hall–Kier alpha value is -2.93. The first kappa shape index (κ1) is 27.9. The Morgan fingerprint density at radius 1 is 0.857 bits per heavy atom. The molecular weight excluding hydrogens is 667 g/mol. The third-order valence-corrected chi connectivity index (χ3v) is 8.81. The van der Waals surface area contributed by atoms with Gasteiger partial charge in [-0.2, -0.15) is 0 Å². The summed E-state index contributed by atoms with van der Waals surface area (Å²) >= 11 is 8.53. The van der Waals surface area contributed by atoms with Crippen molar-refractivity contribution in [2.24, 2.45) is 0 Å². The van der Waals surface area contributed by atoms with E-state index in [1.165, 1.54) is 6.33 Å². The lowest BCUT2D eigenvalue weighted by Gasteiger charge is -2.37. The van der Waals surface area contributed by atoms with Crippen molar-refractivity contribution >= 4 is 45.4 Å². The maximum absolute atomic E-state index is 7.12. The van der Waals surface area contributed by atoms with E-state index in [9.17, 15) is 0 Å². The van der Waals surface area contributed by atoms with Gasteiger partial charge in [-0.3, -0.25) is 4.57 Å². The molecule has 42 heavy (non-hydrogen) atoms. The summed E-state index contributed by atoms with van der Waals surface area (Å²) in [6, 6.07) is 30.8.